The number of carbonyl (C=O) groups is 1. The first-order valence-electron chi connectivity index (χ1n) is 13.7. The second kappa shape index (κ2) is 10.1. The third-order valence-corrected chi connectivity index (χ3v) is 10.6. The summed E-state index contributed by atoms with van der Waals surface area (Å²) in [5.41, 5.74) is 3.54. The molecule has 2 aromatic carbocycles. The van der Waals surface area contributed by atoms with Crippen LogP contribution < -0.4 is 10.6 Å². The normalized spacial score (nSPS) is 16.0. The smallest absolute Gasteiger partial charge is 0.235 e. The highest BCUT2D eigenvalue weighted by atomic mass is 32.2. The molecule has 40 heavy (non-hydrogen) atoms. The molecule has 202 valence electrons. The van der Waals surface area contributed by atoms with Crippen molar-refractivity contribution in [3.8, 4) is 11.8 Å². The predicted octanol–water partition coefficient (Wildman–Crippen LogP) is 6.11. The van der Waals surface area contributed by atoms with Crippen LogP contribution in [0.4, 0.5) is 17.2 Å². The number of anilines is 3. The van der Waals surface area contributed by atoms with Crippen LogP contribution in [0, 0.1) is 11.8 Å². The van der Waals surface area contributed by atoms with E-state index in [0.717, 1.165) is 65.4 Å². The number of fused-ring (bicyclic) bond motifs is 2. The number of hydrogen-bond acceptors (Lipinski definition) is 6. The van der Waals surface area contributed by atoms with Crippen LogP contribution >= 0.6 is 0 Å². The lowest BCUT2D eigenvalue weighted by Gasteiger charge is -2.25. The predicted molar refractivity (Wildman–Crippen MR) is 157 cm³/mol. The molecule has 0 atom stereocenters. The van der Waals surface area contributed by atoms with Crippen molar-refractivity contribution in [2.45, 2.75) is 61.5 Å². The Morgan fingerprint density at radius 3 is 2.48 bits per heavy atom. The van der Waals surface area contributed by atoms with E-state index < -0.39 is 15.3 Å². The van der Waals surface area contributed by atoms with E-state index in [2.05, 4.69) is 32.4 Å². The largest absolute Gasteiger partial charge is 0.340 e. The van der Waals surface area contributed by atoms with Gasteiger partial charge in [-0.1, -0.05) is 32.3 Å². The molecule has 7 nitrogen and oxygen atoms in total. The molecule has 0 radical (unpaired) electrons. The molecule has 0 spiro atoms. The van der Waals surface area contributed by atoms with Crippen LogP contribution in [0.5, 0.6) is 0 Å². The van der Waals surface area contributed by atoms with Gasteiger partial charge in [0, 0.05) is 40.1 Å². The SMILES string of the molecule is CCC1(CC)C(=O)Nc2cc(C#Cc3nccc4cnc(Nc5ccc(S(=O)(=O)C6CCC6)cc5)cc34)ccc21. The van der Waals surface area contributed by atoms with Crippen molar-refractivity contribution < 1.29 is 13.2 Å². The second-order valence-corrected chi connectivity index (χ2v) is 12.7. The van der Waals surface area contributed by atoms with Crippen LogP contribution in [0.15, 0.2) is 71.9 Å². The number of aromatic nitrogens is 2. The fraction of sp³-hybridized carbons (Fsp3) is 0.281. The Balaban J connectivity index is 1.26. The molecule has 8 heteroatoms. The summed E-state index contributed by atoms with van der Waals surface area (Å²) in [5, 5.41) is 7.80. The number of amides is 1. The molecule has 6 rings (SSSR count). The summed E-state index contributed by atoms with van der Waals surface area (Å²) in [5.74, 6) is 7.06. The molecule has 2 N–H and O–H groups in total. The van der Waals surface area contributed by atoms with E-state index in [0.29, 0.717) is 16.4 Å². The summed E-state index contributed by atoms with van der Waals surface area (Å²) >= 11 is 0. The second-order valence-electron chi connectivity index (χ2n) is 10.5. The van der Waals surface area contributed by atoms with E-state index in [1.807, 2.05) is 44.2 Å². The maximum atomic E-state index is 12.7. The Morgan fingerprint density at radius 1 is 1.00 bits per heavy atom. The van der Waals surface area contributed by atoms with E-state index in [9.17, 15) is 13.2 Å². The molecule has 1 fully saturated rings. The first kappa shape index (κ1) is 26.0. The summed E-state index contributed by atoms with van der Waals surface area (Å²) < 4.78 is 25.4. The van der Waals surface area contributed by atoms with Gasteiger partial charge < -0.3 is 10.6 Å². The minimum atomic E-state index is -3.26. The molecule has 3 heterocycles. The van der Waals surface area contributed by atoms with Gasteiger partial charge in [-0.2, -0.15) is 0 Å². The highest BCUT2D eigenvalue weighted by Crippen LogP contribution is 2.43. The van der Waals surface area contributed by atoms with Gasteiger partial charge in [-0.05, 0) is 85.7 Å². The van der Waals surface area contributed by atoms with Crippen LogP contribution in [0.1, 0.15) is 62.8 Å². The summed E-state index contributed by atoms with van der Waals surface area (Å²) in [4.78, 5) is 22.1. The summed E-state index contributed by atoms with van der Waals surface area (Å²) in [7, 11) is -3.26. The van der Waals surface area contributed by atoms with Crippen LogP contribution in [-0.2, 0) is 20.0 Å². The van der Waals surface area contributed by atoms with Gasteiger partial charge in [0.15, 0.2) is 9.84 Å². The average Bonchev–Trinajstić information content (AvgIpc) is 3.21. The molecule has 0 unspecified atom stereocenters. The Hall–Kier alpha value is -4.22. The molecule has 4 aromatic rings. The van der Waals surface area contributed by atoms with Crippen molar-refractivity contribution in [2.24, 2.45) is 0 Å². The van der Waals surface area contributed by atoms with Crippen LogP contribution in [0.3, 0.4) is 0 Å². The topological polar surface area (TPSA) is 101 Å². The first-order valence-corrected chi connectivity index (χ1v) is 15.2. The molecule has 2 aliphatic rings. The number of nitrogens with one attached hydrogen (secondary N) is 2. The van der Waals surface area contributed by atoms with Gasteiger partial charge in [0.2, 0.25) is 5.91 Å². The quantitative estimate of drug-likeness (QED) is 0.281. The lowest BCUT2D eigenvalue weighted by Crippen LogP contribution is -2.32. The minimum Gasteiger partial charge on any atom is -0.340 e. The number of carbonyl (C=O) groups excluding carboxylic acids is 1. The number of rotatable bonds is 6. The van der Waals surface area contributed by atoms with Crippen molar-refractivity contribution in [3.05, 3.63) is 83.8 Å². The number of hydrogen-bond donors (Lipinski definition) is 2. The monoisotopic (exact) mass is 550 g/mol. The molecule has 0 bridgehead atoms. The molecule has 1 amide bonds. The van der Waals surface area contributed by atoms with E-state index in [1.54, 1.807) is 36.7 Å². The van der Waals surface area contributed by atoms with Gasteiger partial charge in [0.05, 0.1) is 15.6 Å². The van der Waals surface area contributed by atoms with Crippen LogP contribution in [0.25, 0.3) is 10.8 Å². The number of nitrogens with zero attached hydrogens (tertiary/aromatic N) is 2. The van der Waals surface area contributed by atoms with Gasteiger partial charge in [-0.15, -0.1) is 0 Å². The van der Waals surface area contributed by atoms with Gasteiger partial charge in [0.25, 0.3) is 0 Å². The van der Waals surface area contributed by atoms with Gasteiger partial charge >= 0.3 is 0 Å². The van der Waals surface area contributed by atoms with E-state index in [-0.39, 0.29) is 11.2 Å². The lowest BCUT2D eigenvalue weighted by atomic mass is 9.77. The first-order chi connectivity index (χ1) is 19.3. The summed E-state index contributed by atoms with van der Waals surface area (Å²) in [6.07, 6.45) is 7.43. The minimum absolute atomic E-state index is 0.0514. The van der Waals surface area contributed by atoms with Crippen molar-refractivity contribution in [2.75, 3.05) is 10.6 Å². The molecule has 1 saturated carbocycles. The Labute approximate surface area is 234 Å². The van der Waals surface area contributed by atoms with Gasteiger partial charge in [-0.3, -0.25) is 4.79 Å². The fourth-order valence-corrected chi connectivity index (χ4v) is 7.43. The summed E-state index contributed by atoms with van der Waals surface area (Å²) in [6, 6.07) is 16.5. The molecule has 2 aromatic heterocycles. The number of benzene rings is 2. The molecular weight excluding hydrogens is 520 g/mol. The highest BCUT2D eigenvalue weighted by Gasteiger charge is 2.43. The van der Waals surface area contributed by atoms with Crippen molar-refractivity contribution in [3.63, 3.8) is 0 Å². The van der Waals surface area contributed by atoms with Crippen molar-refractivity contribution >= 4 is 43.7 Å². The molecule has 1 aliphatic heterocycles. The van der Waals surface area contributed by atoms with E-state index >= 15 is 0 Å². The third kappa shape index (κ3) is 4.40. The van der Waals surface area contributed by atoms with E-state index in [1.165, 1.54) is 0 Å². The van der Waals surface area contributed by atoms with Gasteiger partial charge in [0.1, 0.15) is 11.5 Å². The molecule has 1 aliphatic carbocycles. The Bertz CT molecular complexity index is 1800. The van der Waals surface area contributed by atoms with Crippen molar-refractivity contribution in [1.82, 2.24) is 9.97 Å². The maximum absolute atomic E-state index is 12.7. The third-order valence-electron chi connectivity index (χ3n) is 8.34. The molecule has 0 saturated heterocycles. The van der Waals surface area contributed by atoms with Crippen molar-refractivity contribution in [1.29, 1.82) is 0 Å². The summed E-state index contributed by atoms with van der Waals surface area (Å²) in [6.45, 7) is 4.09. The lowest BCUT2D eigenvalue weighted by molar-refractivity contribution is -0.121. The van der Waals surface area contributed by atoms with Crippen LogP contribution in [0.2, 0.25) is 0 Å². The molecular formula is C32H30N4O3S. The standard InChI is InChI=1S/C32H30N4O3S/c1-3-32(4-2)27-14-8-21(18-29(27)36-31(32)37)9-15-28-26-19-30(34-20-22(26)16-17-33-28)35-23-10-12-25(13-11-23)40(38,39)24-6-5-7-24/h8,10-14,16-20,24H,3-7H2,1-2H3,(H,34,35)(H,36,37). The zero-order chi connectivity index (χ0) is 27.9. The maximum Gasteiger partial charge on any atom is 0.235 e. The Kier molecular flexibility index (Phi) is 6.55. The van der Waals surface area contributed by atoms with Gasteiger partial charge in [-0.25, -0.2) is 18.4 Å². The van der Waals surface area contributed by atoms with Crippen LogP contribution in [-0.4, -0.2) is 29.5 Å². The van der Waals surface area contributed by atoms with E-state index in [4.69, 9.17) is 0 Å². The average molecular weight is 551 g/mol. The number of sulfone groups is 1. The Morgan fingerprint density at radius 2 is 1.77 bits per heavy atom. The highest BCUT2D eigenvalue weighted by molar-refractivity contribution is 7.92. The zero-order valence-electron chi connectivity index (χ0n) is 22.5. The zero-order valence-corrected chi connectivity index (χ0v) is 23.3. The fourth-order valence-electron chi connectivity index (χ4n) is 5.57. The number of pyridine rings is 2.